The number of carboxylic acid groups (broad SMARTS) is 1. The summed E-state index contributed by atoms with van der Waals surface area (Å²) < 4.78 is 13.4. The molecule has 3 heterocycles. The molecule has 0 radical (unpaired) electrons. The summed E-state index contributed by atoms with van der Waals surface area (Å²) in [7, 11) is 0. The van der Waals surface area contributed by atoms with Crippen molar-refractivity contribution in [2.75, 3.05) is 26.2 Å². The van der Waals surface area contributed by atoms with Crippen LogP contribution in [0.5, 0.6) is 0 Å². The normalized spacial score (nSPS) is 14.1. The Balaban J connectivity index is 1.67. The maximum atomic E-state index is 13.4. The van der Waals surface area contributed by atoms with Gasteiger partial charge in [-0.3, -0.25) is 9.78 Å². The zero-order valence-corrected chi connectivity index (χ0v) is 16.2. The van der Waals surface area contributed by atoms with Crippen LogP contribution in [0, 0.1) is 5.82 Å². The summed E-state index contributed by atoms with van der Waals surface area (Å²) in [5.74, 6) is -0.438. The highest BCUT2D eigenvalue weighted by atomic mass is 32.1. The highest BCUT2D eigenvalue weighted by Crippen LogP contribution is 2.39. The van der Waals surface area contributed by atoms with Crippen molar-refractivity contribution in [3.05, 3.63) is 65.6 Å². The summed E-state index contributed by atoms with van der Waals surface area (Å²) >= 11 is 1.36. The average molecular weight is 411 g/mol. The first-order chi connectivity index (χ1) is 14.0. The first kappa shape index (κ1) is 19.1. The second-order valence-corrected chi connectivity index (χ2v) is 7.71. The molecule has 0 bridgehead atoms. The quantitative estimate of drug-likeness (QED) is 0.706. The number of benzene rings is 1. The topological polar surface area (TPSA) is 73.7 Å². The van der Waals surface area contributed by atoms with Gasteiger partial charge in [-0.15, -0.1) is 11.3 Å². The van der Waals surface area contributed by atoms with E-state index in [1.807, 2.05) is 18.2 Å². The number of piperazine rings is 1. The zero-order chi connectivity index (χ0) is 20.4. The lowest BCUT2D eigenvalue weighted by Crippen LogP contribution is -2.50. The molecule has 0 unspecified atom stereocenters. The van der Waals surface area contributed by atoms with Crippen molar-refractivity contribution in [3.8, 4) is 21.6 Å². The fraction of sp³-hybridized carbons (Fsp3) is 0.190. The molecule has 0 aliphatic carbocycles. The standard InChI is InChI=1S/C21H18FN3O3S/c22-16-3-1-15(2-4-16)19-17(14-5-7-23-8-6-14)13-18(29-19)20(26)24-9-11-25(12-10-24)21(27)28/h1-8,13H,9-12H2,(H,27,28). The summed E-state index contributed by atoms with van der Waals surface area (Å²) in [4.78, 5) is 32.6. The lowest BCUT2D eigenvalue weighted by Gasteiger charge is -2.32. The third kappa shape index (κ3) is 3.97. The molecule has 0 spiro atoms. The molecule has 1 saturated heterocycles. The molecule has 1 fully saturated rings. The molecule has 148 valence electrons. The van der Waals surface area contributed by atoms with Crippen LogP contribution in [0.3, 0.4) is 0 Å². The largest absolute Gasteiger partial charge is 0.465 e. The summed E-state index contributed by atoms with van der Waals surface area (Å²) in [5, 5.41) is 9.08. The molecule has 8 heteroatoms. The van der Waals surface area contributed by atoms with Gasteiger partial charge < -0.3 is 14.9 Å². The first-order valence-corrected chi connectivity index (χ1v) is 9.92. The highest BCUT2D eigenvalue weighted by molar-refractivity contribution is 7.18. The van der Waals surface area contributed by atoms with Gasteiger partial charge in [0.2, 0.25) is 0 Å². The number of nitrogens with zero attached hydrogens (tertiary/aromatic N) is 3. The minimum Gasteiger partial charge on any atom is -0.465 e. The average Bonchev–Trinajstić information content (AvgIpc) is 3.20. The van der Waals surface area contributed by atoms with E-state index in [0.29, 0.717) is 31.1 Å². The second-order valence-electron chi connectivity index (χ2n) is 6.66. The minimum absolute atomic E-state index is 0.122. The Hall–Kier alpha value is -3.26. The Morgan fingerprint density at radius 3 is 2.17 bits per heavy atom. The molecule has 3 aromatic rings. The van der Waals surface area contributed by atoms with E-state index in [0.717, 1.165) is 21.6 Å². The lowest BCUT2D eigenvalue weighted by molar-refractivity contribution is 0.0629. The Morgan fingerprint density at radius 1 is 0.931 bits per heavy atom. The van der Waals surface area contributed by atoms with Crippen LogP contribution in [0.25, 0.3) is 21.6 Å². The molecule has 0 atom stereocenters. The van der Waals surface area contributed by atoms with E-state index >= 15 is 0 Å². The van der Waals surface area contributed by atoms with Gasteiger partial charge in [0.15, 0.2) is 0 Å². The molecule has 2 amide bonds. The minimum atomic E-state index is -0.966. The predicted molar refractivity (Wildman–Crippen MR) is 108 cm³/mol. The molecular formula is C21H18FN3O3S. The molecule has 2 aromatic heterocycles. The van der Waals surface area contributed by atoms with Gasteiger partial charge in [-0.2, -0.15) is 0 Å². The molecule has 1 aliphatic heterocycles. The molecule has 1 aliphatic rings. The maximum Gasteiger partial charge on any atom is 0.407 e. The summed E-state index contributed by atoms with van der Waals surface area (Å²) in [6, 6.07) is 11.8. The van der Waals surface area contributed by atoms with Crippen molar-refractivity contribution in [1.82, 2.24) is 14.8 Å². The molecule has 0 saturated carbocycles. The first-order valence-electron chi connectivity index (χ1n) is 9.10. The van der Waals surface area contributed by atoms with Crippen LogP contribution >= 0.6 is 11.3 Å². The van der Waals surface area contributed by atoms with Crippen molar-refractivity contribution in [1.29, 1.82) is 0 Å². The van der Waals surface area contributed by atoms with Gasteiger partial charge in [-0.05, 0) is 41.5 Å². The van der Waals surface area contributed by atoms with Crippen molar-refractivity contribution in [2.24, 2.45) is 0 Å². The summed E-state index contributed by atoms with van der Waals surface area (Å²) in [6.07, 6.45) is 2.41. The molecular weight excluding hydrogens is 393 g/mol. The summed E-state index contributed by atoms with van der Waals surface area (Å²) in [5.41, 5.74) is 2.64. The number of thiophene rings is 1. The monoisotopic (exact) mass is 411 g/mol. The number of carbonyl (C=O) groups is 2. The van der Waals surface area contributed by atoms with E-state index < -0.39 is 6.09 Å². The van der Waals surface area contributed by atoms with Crippen molar-refractivity contribution in [2.45, 2.75) is 0 Å². The summed E-state index contributed by atoms with van der Waals surface area (Å²) in [6.45, 7) is 1.32. The Morgan fingerprint density at radius 2 is 1.55 bits per heavy atom. The van der Waals surface area contributed by atoms with Gasteiger partial charge in [0.05, 0.1) is 4.88 Å². The van der Waals surface area contributed by atoms with Gasteiger partial charge in [-0.25, -0.2) is 9.18 Å². The van der Waals surface area contributed by atoms with Crippen molar-refractivity contribution < 1.29 is 19.1 Å². The maximum absolute atomic E-state index is 13.4. The number of hydrogen-bond acceptors (Lipinski definition) is 4. The Bertz CT molecular complexity index is 1030. The van der Waals surface area contributed by atoms with Crippen LogP contribution in [0.1, 0.15) is 9.67 Å². The lowest BCUT2D eigenvalue weighted by atomic mass is 10.0. The van der Waals surface area contributed by atoms with E-state index in [4.69, 9.17) is 5.11 Å². The molecule has 4 rings (SSSR count). The van der Waals surface area contributed by atoms with Gasteiger partial charge in [0.1, 0.15) is 5.82 Å². The van der Waals surface area contributed by atoms with Crippen LogP contribution in [-0.4, -0.2) is 58.1 Å². The van der Waals surface area contributed by atoms with E-state index in [1.54, 1.807) is 29.4 Å². The highest BCUT2D eigenvalue weighted by Gasteiger charge is 2.26. The fourth-order valence-electron chi connectivity index (χ4n) is 3.31. The molecule has 6 nitrogen and oxygen atoms in total. The number of amides is 2. The van der Waals surface area contributed by atoms with Crippen LogP contribution in [0.4, 0.5) is 9.18 Å². The van der Waals surface area contributed by atoms with Gasteiger partial charge in [0.25, 0.3) is 5.91 Å². The van der Waals surface area contributed by atoms with Gasteiger partial charge in [0, 0.05) is 49.0 Å². The molecule has 1 aromatic carbocycles. The molecule has 1 N–H and O–H groups in total. The third-order valence-corrected chi connectivity index (χ3v) is 6.05. The zero-order valence-electron chi connectivity index (χ0n) is 15.4. The number of aromatic nitrogens is 1. The molecule has 29 heavy (non-hydrogen) atoms. The number of rotatable bonds is 3. The third-order valence-electron chi connectivity index (χ3n) is 4.88. The number of carbonyl (C=O) groups excluding carboxylic acids is 1. The van der Waals surface area contributed by atoms with E-state index in [2.05, 4.69) is 4.98 Å². The van der Waals surface area contributed by atoms with E-state index in [9.17, 15) is 14.0 Å². The SMILES string of the molecule is O=C(O)N1CCN(C(=O)c2cc(-c3ccncc3)c(-c3ccc(F)cc3)s2)CC1. The second kappa shape index (κ2) is 8.00. The van der Waals surface area contributed by atoms with Crippen LogP contribution in [-0.2, 0) is 0 Å². The number of halogens is 1. The van der Waals surface area contributed by atoms with E-state index in [-0.39, 0.29) is 11.7 Å². The Kier molecular flexibility index (Phi) is 5.26. The van der Waals surface area contributed by atoms with Crippen LogP contribution < -0.4 is 0 Å². The van der Waals surface area contributed by atoms with E-state index in [1.165, 1.54) is 28.4 Å². The Labute approximate surface area is 170 Å². The van der Waals surface area contributed by atoms with Gasteiger partial charge in [-0.1, -0.05) is 12.1 Å². The van der Waals surface area contributed by atoms with Crippen molar-refractivity contribution in [3.63, 3.8) is 0 Å². The van der Waals surface area contributed by atoms with Crippen molar-refractivity contribution >= 4 is 23.3 Å². The van der Waals surface area contributed by atoms with Gasteiger partial charge >= 0.3 is 6.09 Å². The number of pyridine rings is 1. The smallest absolute Gasteiger partial charge is 0.407 e. The predicted octanol–water partition coefficient (Wildman–Crippen LogP) is 4.05. The number of hydrogen-bond donors (Lipinski definition) is 1. The van der Waals surface area contributed by atoms with Crippen LogP contribution in [0.15, 0.2) is 54.9 Å². The fourth-order valence-corrected chi connectivity index (χ4v) is 4.47. The van der Waals surface area contributed by atoms with Crippen LogP contribution in [0.2, 0.25) is 0 Å².